The summed E-state index contributed by atoms with van der Waals surface area (Å²) in [6.07, 6.45) is 1.49. The van der Waals surface area contributed by atoms with E-state index < -0.39 is 21.2 Å². The molecule has 1 fully saturated rings. The Kier molecular flexibility index (Phi) is 2.31. The lowest BCUT2D eigenvalue weighted by Crippen LogP contribution is -2.31. The van der Waals surface area contributed by atoms with Crippen molar-refractivity contribution in [3.8, 4) is 0 Å². The molecule has 1 saturated carbocycles. The molecule has 3 nitrogen and oxygen atoms in total. The quantitative estimate of drug-likeness (QED) is 0.789. The van der Waals surface area contributed by atoms with E-state index >= 15 is 0 Å². The highest BCUT2D eigenvalue weighted by Gasteiger charge is 2.42. The summed E-state index contributed by atoms with van der Waals surface area (Å²) in [5, 5.41) is 0. The lowest BCUT2D eigenvalue weighted by atomic mass is 10.3. The van der Waals surface area contributed by atoms with Gasteiger partial charge in [-0.3, -0.25) is 0 Å². The van der Waals surface area contributed by atoms with Crippen LogP contribution in [0.5, 0.6) is 0 Å². The van der Waals surface area contributed by atoms with Gasteiger partial charge in [0.15, 0.2) is 9.84 Å². The van der Waals surface area contributed by atoms with Crippen molar-refractivity contribution in [2.24, 2.45) is 5.73 Å². The number of rotatable bonds is 3. The number of hydrogen-bond acceptors (Lipinski definition) is 3. The maximum atomic E-state index is 12.6. The fourth-order valence-corrected chi connectivity index (χ4v) is 3.17. The fourth-order valence-electron chi connectivity index (χ4n) is 1.41. The molecule has 15 heavy (non-hydrogen) atoms. The number of halogens is 1. The van der Waals surface area contributed by atoms with E-state index in [4.69, 9.17) is 5.73 Å². The van der Waals surface area contributed by atoms with E-state index in [-0.39, 0.29) is 10.6 Å². The first-order valence-electron chi connectivity index (χ1n) is 4.69. The van der Waals surface area contributed by atoms with Gasteiger partial charge in [-0.2, -0.15) is 0 Å². The summed E-state index contributed by atoms with van der Waals surface area (Å²) in [7, 11) is -3.36. The second-order valence-electron chi connectivity index (χ2n) is 4.08. The molecular weight excluding hydrogens is 217 g/mol. The Bertz CT molecular complexity index is 463. The van der Waals surface area contributed by atoms with E-state index in [1.54, 1.807) is 0 Å². The molecule has 0 aromatic heterocycles. The van der Waals surface area contributed by atoms with Crippen LogP contribution in [0.1, 0.15) is 12.8 Å². The van der Waals surface area contributed by atoms with Crippen LogP contribution in [-0.2, 0) is 9.84 Å². The van der Waals surface area contributed by atoms with Gasteiger partial charge in [0.05, 0.1) is 10.6 Å². The SMILES string of the molecule is NC1(CS(=O)(=O)c2ccc(F)cc2)CC1. The van der Waals surface area contributed by atoms with Crippen molar-refractivity contribution < 1.29 is 12.8 Å². The third kappa shape index (κ3) is 2.35. The van der Waals surface area contributed by atoms with Crippen molar-refractivity contribution in [1.29, 1.82) is 0 Å². The third-order valence-electron chi connectivity index (χ3n) is 2.54. The van der Waals surface area contributed by atoms with E-state index in [2.05, 4.69) is 0 Å². The Morgan fingerprint density at radius 1 is 1.27 bits per heavy atom. The molecule has 0 saturated heterocycles. The zero-order valence-corrected chi connectivity index (χ0v) is 8.93. The van der Waals surface area contributed by atoms with Gasteiger partial charge < -0.3 is 5.73 Å². The molecule has 5 heteroatoms. The average Bonchev–Trinajstić information content (AvgIpc) is 2.82. The third-order valence-corrected chi connectivity index (χ3v) is 4.49. The van der Waals surface area contributed by atoms with Crippen LogP contribution in [0.3, 0.4) is 0 Å². The summed E-state index contributed by atoms with van der Waals surface area (Å²) < 4.78 is 36.2. The van der Waals surface area contributed by atoms with E-state index in [0.717, 1.165) is 25.0 Å². The molecule has 2 N–H and O–H groups in total. The molecule has 0 radical (unpaired) electrons. The van der Waals surface area contributed by atoms with Gasteiger partial charge in [0.2, 0.25) is 0 Å². The van der Waals surface area contributed by atoms with Crippen molar-refractivity contribution in [2.75, 3.05) is 5.75 Å². The van der Waals surface area contributed by atoms with E-state index in [1.165, 1.54) is 12.1 Å². The number of hydrogen-bond donors (Lipinski definition) is 1. The molecule has 2 rings (SSSR count). The summed E-state index contributed by atoms with van der Waals surface area (Å²) in [4.78, 5) is 0.139. The van der Waals surface area contributed by atoms with Gasteiger partial charge >= 0.3 is 0 Å². The Labute approximate surface area is 88.0 Å². The normalized spacial score (nSPS) is 18.8. The van der Waals surface area contributed by atoms with Crippen molar-refractivity contribution in [2.45, 2.75) is 23.3 Å². The van der Waals surface area contributed by atoms with Crippen LogP contribution in [-0.4, -0.2) is 19.7 Å². The van der Waals surface area contributed by atoms with Gasteiger partial charge in [-0.05, 0) is 37.1 Å². The number of benzene rings is 1. The average molecular weight is 229 g/mol. The number of nitrogens with two attached hydrogens (primary N) is 1. The van der Waals surface area contributed by atoms with Gasteiger partial charge in [-0.15, -0.1) is 0 Å². The van der Waals surface area contributed by atoms with Crippen molar-refractivity contribution in [1.82, 2.24) is 0 Å². The summed E-state index contributed by atoms with van der Waals surface area (Å²) in [6, 6.07) is 4.83. The molecule has 0 heterocycles. The predicted octanol–water partition coefficient (Wildman–Crippen LogP) is 1.09. The van der Waals surface area contributed by atoms with E-state index in [1.807, 2.05) is 0 Å². The maximum absolute atomic E-state index is 12.6. The molecule has 82 valence electrons. The molecule has 1 aromatic rings. The zero-order chi connectivity index (χ0) is 11.1. The molecule has 1 aliphatic carbocycles. The van der Waals surface area contributed by atoms with Gasteiger partial charge in [-0.1, -0.05) is 0 Å². The van der Waals surface area contributed by atoms with Crippen LogP contribution < -0.4 is 5.73 Å². The largest absolute Gasteiger partial charge is 0.324 e. The van der Waals surface area contributed by atoms with Crippen LogP contribution in [0.2, 0.25) is 0 Å². The fraction of sp³-hybridized carbons (Fsp3) is 0.400. The lowest BCUT2D eigenvalue weighted by molar-refractivity contribution is 0.584. The standard InChI is InChI=1S/C10H12FNO2S/c11-8-1-3-9(4-2-8)15(13,14)7-10(12)5-6-10/h1-4H,5-7,12H2. The minimum atomic E-state index is -3.36. The molecule has 0 bridgehead atoms. The molecule has 0 atom stereocenters. The molecule has 0 spiro atoms. The summed E-state index contributed by atoms with van der Waals surface area (Å²) in [5.41, 5.74) is 5.20. The molecule has 1 aromatic carbocycles. The van der Waals surface area contributed by atoms with Gasteiger partial charge in [-0.25, -0.2) is 12.8 Å². The first-order chi connectivity index (χ1) is 6.91. The molecule has 0 aliphatic heterocycles. The van der Waals surface area contributed by atoms with Crippen LogP contribution >= 0.6 is 0 Å². The minimum Gasteiger partial charge on any atom is -0.324 e. The smallest absolute Gasteiger partial charge is 0.180 e. The van der Waals surface area contributed by atoms with Gasteiger partial charge in [0.1, 0.15) is 5.82 Å². The minimum absolute atomic E-state index is 0.0500. The number of sulfone groups is 1. The highest BCUT2D eigenvalue weighted by Crippen LogP contribution is 2.35. The first-order valence-corrected chi connectivity index (χ1v) is 6.34. The van der Waals surface area contributed by atoms with Crippen molar-refractivity contribution in [3.63, 3.8) is 0 Å². The van der Waals surface area contributed by atoms with Crippen molar-refractivity contribution >= 4 is 9.84 Å². The highest BCUT2D eigenvalue weighted by molar-refractivity contribution is 7.91. The maximum Gasteiger partial charge on any atom is 0.180 e. The predicted molar refractivity (Wildman–Crippen MR) is 54.6 cm³/mol. The Balaban J connectivity index is 2.25. The van der Waals surface area contributed by atoms with Crippen LogP contribution in [0, 0.1) is 5.82 Å². The summed E-state index contributed by atoms with van der Waals surface area (Å²) in [6.45, 7) is 0. The zero-order valence-electron chi connectivity index (χ0n) is 8.11. The second-order valence-corrected chi connectivity index (χ2v) is 6.06. The molecule has 0 amide bonds. The lowest BCUT2D eigenvalue weighted by Gasteiger charge is -2.09. The highest BCUT2D eigenvalue weighted by atomic mass is 32.2. The van der Waals surface area contributed by atoms with Gasteiger partial charge in [0, 0.05) is 5.54 Å². The topological polar surface area (TPSA) is 60.2 Å². The molecule has 0 unspecified atom stereocenters. The summed E-state index contributed by atoms with van der Waals surface area (Å²) in [5.74, 6) is -0.492. The molecular formula is C10H12FNO2S. The Morgan fingerprint density at radius 3 is 2.27 bits per heavy atom. The summed E-state index contributed by atoms with van der Waals surface area (Å²) >= 11 is 0. The van der Waals surface area contributed by atoms with Crippen LogP contribution in [0.25, 0.3) is 0 Å². The van der Waals surface area contributed by atoms with Crippen LogP contribution in [0.15, 0.2) is 29.2 Å². The van der Waals surface area contributed by atoms with Crippen molar-refractivity contribution in [3.05, 3.63) is 30.1 Å². The van der Waals surface area contributed by atoms with Gasteiger partial charge in [0.25, 0.3) is 0 Å². The Morgan fingerprint density at radius 2 is 1.80 bits per heavy atom. The first kappa shape index (κ1) is 10.6. The second kappa shape index (κ2) is 3.28. The van der Waals surface area contributed by atoms with Crippen LogP contribution in [0.4, 0.5) is 4.39 Å². The molecule has 1 aliphatic rings. The monoisotopic (exact) mass is 229 g/mol. The Hall–Kier alpha value is -0.940. The van der Waals surface area contributed by atoms with E-state index in [0.29, 0.717) is 0 Å². The van der Waals surface area contributed by atoms with E-state index in [9.17, 15) is 12.8 Å².